The Labute approximate surface area is 225 Å². The van der Waals surface area contributed by atoms with E-state index < -0.39 is 82.0 Å². The minimum absolute atomic E-state index is 0.236. The van der Waals surface area contributed by atoms with Crippen LogP contribution in [-0.4, -0.2) is 59.6 Å². The van der Waals surface area contributed by atoms with E-state index in [9.17, 15) is 28.7 Å². The average Bonchev–Trinajstić information content (AvgIpc) is 2.88. The lowest BCUT2D eigenvalue weighted by Crippen LogP contribution is -2.45. The summed E-state index contributed by atoms with van der Waals surface area (Å²) in [4.78, 5) is 13.3. The number of nitro benzene ring substituents is 1. The molecule has 10 nitrogen and oxygen atoms in total. The maximum absolute atomic E-state index is 13.9. The first kappa shape index (κ1) is 18.3. The molecule has 36 heavy (non-hydrogen) atoms. The molecule has 0 amide bonds. The topological polar surface area (TPSA) is 145 Å². The Morgan fingerprint density at radius 1 is 1.22 bits per heavy atom. The van der Waals surface area contributed by atoms with Crippen LogP contribution in [0.3, 0.4) is 0 Å². The summed E-state index contributed by atoms with van der Waals surface area (Å²) in [6.07, 6.45) is -3.52. The number of sulfonamides is 1. The molecular formula is C25H34N3O7S-. The van der Waals surface area contributed by atoms with Crippen molar-refractivity contribution in [3.8, 4) is 0 Å². The van der Waals surface area contributed by atoms with Crippen molar-refractivity contribution in [3.05, 3.63) is 70.3 Å². The van der Waals surface area contributed by atoms with Gasteiger partial charge in [-0.25, -0.2) is 8.42 Å². The van der Waals surface area contributed by atoms with Gasteiger partial charge in [0.05, 0.1) is 22.0 Å². The predicted molar refractivity (Wildman–Crippen MR) is 135 cm³/mol. The molecule has 198 valence electrons. The fourth-order valence-corrected chi connectivity index (χ4v) is 4.33. The minimum atomic E-state index is -5.37. The van der Waals surface area contributed by atoms with Crippen LogP contribution in [0.25, 0.3) is 0 Å². The molecular weight excluding hydrogens is 486 g/mol. The van der Waals surface area contributed by atoms with Crippen molar-refractivity contribution in [1.29, 1.82) is 0 Å². The van der Waals surface area contributed by atoms with Crippen LogP contribution < -0.4 is 5.11 Å². The second-order valence-corrected chi connectivity index (χ2v) is 10.6. The highest BCUT2D eigenvalue weighted by atomic mass is 32.2. The zero-order valence-electron chi connectivity index (χ0n) is 28.9. The molecule has 2 rings (SSSR count). The zero-order valence-corrected chi connectivity index (χ0v) is 20.7. The van der Waals surface area contributed by atoms with Gasteiger partial charge in [-0.1, -0.05) is 64.8 Å². The molecule has 0 aliphatic carbocycles. The van der Waals surface area contributed by atoms with E-state index in [4.69, 9.17) is 17.1 Å². The van der Waals surface area contributed by atoms with Crippen LogP contribution in [0, 0.1) is 16.0 Å². The van der Waals surface area contributed by atoms with E-state index in [0.29, 0.717) is 17.7 Å². The van der Waals surface area contributed by atoms with Crippen LogP contribution in [-0.2, 0) is 21.2 Å². The molecule has 0 spiro atoms. The third-order valence-electron chi connectivity index (χ3n) is 4.62. The van der Waals surface area contributed by atoms with Crippen molar-refractivity contribution in [3.63, 3.8) is 0 Å². The lowest BCUT2D eigenvalue weighted by Gasteiger charge is -2.32. The van der Waals surface area contributed by atoms with Crippen LogP contribution in [0.4, 0.5) is 5.69 Å². The second kappa shape index (κ2) is 12.3. The number of aliphatic imine (C=N–C) groups is 1. The molecule has 2 aromatic rings. The molecule has 11 heteroatoms. The van der Waals surface area contributed by atoms with E-state index >= 15 is 0 Å². The van der Waals surface area contributed by atoms with E-state index in [1.165, 1.54) is 20.8 Å². The molecule has 1 N–H and O–H groups in total. The SMILES string of the molecule is [2H]C([2H])([2H])C([2H])(C([2H])([2H])[2H])C([2H])([2H])N(C[C@@H](O)[C@H](Cc1ccccc1)N=C([O-])OC(C)(C)C)S(=O)(=O)c1ccc([N+](=O)[O-])cc1. The van der Waals surface area contributed by atoms with Crippen LogP contribution in [0.15, 0.2) is 64.5 Å². The first-order chi connectivity index (χ1) is 20.3. The Bertz CT molecular complexity index is 1450. The lowest BCUT2D eigenvalue weighted by molar-refractivity contribution is -0.384. The number of aliphatic hydroxyl groups excluding tert-OH is 1. The predicted octanol–water partition coefficient (Wildman–Crippen LogP) is 2.75. The Balaban J connectivity index is 2.81. The number of nitro groups is 1. The Kier molecular flexibility index (Phi) is 6.23. The van der Waals surface area contributed by atoms with Crippen LogP contribution >= 0.6 is 0 Å². The molecule has 0 heterocycles. The first-order valence-corrected chi connectivity index (χ1v) is 12.1. The van der Waals surface area contributed by atoms with Crippen molar-refractivity contribution in [2.75, 3.05) is 13.0 Å². The monoisotopic (exact) mass is 529 g/mol. The third-order valence-corrected chi connectivity index (χ3v) is 6.31. The molecule has 0 saturated heterocycles. The van der Waals surface area contributed by atoms with Gasteiger partial charge in [-0.3, -0.25) is 15.1 Å². The number of hydrogen-bond donors (Lipinski definition) is 1. The molecule has 0 aliphatic rings. The van der Waals surface area contributed by atoms with Crippen LogP contribution in [0.5, 0.6) is 0 Å². The maximum Gasteiger partial charge on any atom is 0.269 e. The highest BCUT2D eigenvalue weighted by Gasteiger charge is 2.31. The van der Waals surface area contributed by atoms with Gasteiger partial charge in [-0.15, -0.1) is 0 Å². The highest BCUT2D eigenvalue weighted by Crippen LogP contribution is 2.22. The van der Waals surface area contributed by atoms with Gasteiger partial charge in [-0.05, 0) is 30.0 Å². The molecule has 0 fully saturated rings. The number of rotatable bonds is 11. The summed E-state index contributed by atoms with van der Waals surface area (Å²) in [5.74, 6) is -4.13. The number of non-ortho nitro benzene ring substituents is 1. The van der Waals surface area contributed by atoms with E-state index in [1.54, 1.807) is 30.3 Å². The molecule has 0 radical (unpaired) electrons. The number of aliphatic hydroxyl groups is 1. The lowest BCUT2D eigenvalue weighted by atomic mass is 10.0. The quantitative estimate of drug-likeness (QED) is 0.204. The number of ether oxygens (including phenoxy) is 1. The van der Waals surface area contributed by atoms with Gasteiger partial charge in [0.25, 0.3) is 5.69 Å². The summed E-state index contributed by atoms with van der Waals surface area (Å²) < 4.78 is 105. The van der Waals surface area contributed by atoms with Gasteiger partial charge >= 0.3 is 0 Å². The fraction of sp³-hybridized carbons (Fsp3) is 0.480. The molecule has 0 aromatic heterocycles. The Morgan fingerprint density at radius 3 is 2.36 bits per heavy atom. The molecule has 2 atom stereocenters. The number of hydrogen-bond acceptors (Lipinski definition) is 8. The smallest absolute Gasteiger partial charge is 0.269 e. The van der Waals surface area contributed by atoms with Crippen molar-refractivity contribution in [2.24, 2.45) is 10.9 Å². The van der Waals surface area contributed by atoms with Gasteiger partial charge in [-0.2, -0.15) is 4.31 Å². The van der Waals surface area contributed by atoms with Gasteiger partial charge in [0.2, 0.25) is 10.0 Å². The molecule has 0 saturated carbocycles. The standard InChI is InChI=1S/C25H35N3O7S/c1-18(2)16-27(36(33,34)21-13-11-20(12-14-21)28(31)32)17-23(29)22(15-19-9-7-6-8-10-19)26-24(30)35-25(3,4)5/h6-14,18,22-23,29H,15-17H2,1-5H3,(H,26,30)/p-1/t22-,23+/m0/s1/i1D3,2D3,16D2,18D. The van der Waals surface area contributed by atoms with E-state index in [-0.39, 0.29) is 10.7 Å². The summed E-state index contributed by atoms with van der Waals surface area (Å²) >= 11 is 0. The van der Waals surface area contributed by atoms with E-state index in [0.717, 1.165) is 12.1 Å². The number of nitrogens with zero attached hydrogens (tertiary/aromatic N) is 3. The summed E-state index contributed by atoms with van der Waals surface area (Å²) in [5, 5.41) is 35.1. The van der Waals surface area contributed by atoms with E-state index in [2.05, 4.69) is 4.99 Å². The van der Waals surface area contributed by atoms with E-state index in [1.807, 2.05) is 0 Å². The Hall–Kier alpha value is -3.02. The van der Waals surface area contributed by atoms with Gasteiger partial charge in [0.1, 0.15) is 6.08 Å². The third kappa shape index (κ3) is 8.89. The maximum atomic E-state index is 13.9. The molecule has 2 aromatic carbocycles. The summed E-state index contributed by atoms with van der Waals surface area (Å²) in [6.45, 7) is -8.81. The van der Waals surface area contributed by atoms with Gasteiger partial charge in [0.15, 0.2) is 0 Å². The second-order valence-electron chi connectivity index (χ2n) is 8.71. The van der Waals surface area contributed by atoms with Crippen LogP contribution in [0.2, 0.25) is 0 Å². The largest absolute Gasteiger partial charge is 0.595 e. The Morgan fingerprint density at radius 2 is 1.83 bits per heavy atom. The molecule has 0 unspecified atom stereocenters. The zero-order chi connectivity index (χ0) is 34.8. The van der Waals surface area contributed by atoms with Crippen molar-refractivity contribution >= 4 is 21.8 Å². The van der Waals surface area contributed by atoms with Crippen molar-refractivity contribution < 1.29 is 40.6 Å². The fourth-order valence-electron chi connectivity index (χ4n) is 3.03. The van der Waals surface area contributed by atoms with Crippen molar-refractivity contribution in [1.82, 2.24) is 4.31 Å². The summed E-state index contributed by atoms with van der Waals surface area (Å²) in [6, 6.07) is 9.47. The number of benzene rings is 2. The first-order valence-electron chi connectivity index (χ1n) is 15.2. The van der Waals surface area contributed by atoms with Gasteiger partial charge in [0, 0.05) is 43.1 Å². The van der Waals surface area contributed by atoms with Gasteiger partial charge < -0.3 is 14.9 Å². The molecule has 0 aliphatic heterocycles. The minimum Gasteiger partial charge on any atom is -0.595 e. The highest BCUT2D eigenvalue weighted by molar-refractivity contribution is 7.89. The molecule has 0 bridgehead atoms. The summed E-state index contributed by atoms with van der Waals surface area (Å²) in [5.41, 5.74) is -1.10. The summed E-state index contributed by atoms with van der Waals surface area (Å²) in [7, 11) is -5.37. The average molecular weight is 530 g/mol. The van der Waals surface area contributed by atoms with Crippen molar-refractivity contribution in [2.45, 2.75) is 63.5 Å². The van der Waals surface area contributed by atoms with Crippen LogP contribution in [0.1, 0.15) is 52.4 Å². The normalized spacial score (nSPS) is 19.7.